The molecule has 5 heteroatoms. The van der Waals surface area contributed by atoms with Gasteiger partial charge in [-0.15, -0.1) is 0 Å². The number of aliphatic hydroxyl groups is 1. The van der Waals surface area contributed by atoms with Gasteiger partial charge in [0.2, 0.25) is 5.91 Å². The van der Waals surface area contributed by atoms with E-state index >= 15 is 0 Å². The molecule has 3 N–H and O–H groups in total. The maximum atomic E-state index is 12.5. The molecule has 0 saturated heterocycles. The molecule has 112 valence electrons. The number of hydrogen-bond acceptors (Lipinski definition) is 4. The standard InChI is InChI=1S/C14H28N2O3/c1-6-19-11-9-14(15,13(11,3)4)12(18)16(5)8-7-10(2)17/h10-11,17H,6-9,15H2,1-5H3. The highest BCUT2D eigenvalue weighted by Crippen LogP contribution is 2.50. The molecule has 0 aromatic carbocycles. The van der Waals surface area contributed by atoms with Crippen LogP contribution in [0.5, 0.6) is 0 Å². The van der Waals surface area contributed by atoms with Crippen molar-refractivity contribution in [3.8, 4) is 0 Å². The van der Waals surface area contributed by atoms with Crippen molar-refractivity contribution in [2.24, 2.45) is 11.1 Å². The summed E-state index contributed by atoms with van der Waals surface area (Å²) in [4.78, 5) is 14.1. The normalized spacial score (nSPS) is 30.6. The van der Waals surface area contributed by atoms with E-state index in [1.165, 1.54) is 0 Å². The van der Waals surface area contributed by atoms with Gasteiger partial charge in [0.15, 0.2) is 0 Å². The minimum Gasteiger partial charge on any atom is -0.393 e. The van der Waals surface area contributed by atoms with Gasteiger partial charge < -0.3 is 20.5 Å². The largest absolute Gasteiger partial charge is 0.393 e. The number of carbonyl (C=O) groups excluding carboxylic acids is 1. The maximum Gasteiger partial charge on any atom is 0.243 e. The topological polar surface area (TPSA) is 75.8 Å². The lowest BCUT2D eigenvalue weighted by atomic mass is 9.54. The lowest BCUT2D eigenvalue weighted by Gasteiger charge is -2.58. The molecule has 0 spiro atoms. The van der Waals surface area contributed by atoms with Gasteiger partial charge in [-0.05, 0) is 20.3 Å². The summed E-state index contributed by atoms with van der Waals surface area (Å²) in [5.41, 5.74) is 5.10. The van der Waals surface area contributed by atoms with Crippen LogP contribution in [0.2, 0.25) is 0 Å². The summed E-state index contributed by atoms with van der Waals surface area (Å²) in [6.07, 6.45) is 0.755. The molecule has 1 amide bonds. The van der Waals surface area contributed by atoms with E-state index in [4.69, 9.17) is 10.5 Å². The predicted molar refractivity (Wildman–Crippen MR) is 74.7 cm³/mol. The van der Waals surface area contributed by atoms with Crippen LogP contribution >= 0.6 is 0 Å². The van der Waals surface area contributed by atoms with Crippen LogP contribution in [0.3, 0.4) is 0 Å². The first kappa shape index (κ1) is 16.4. The highest BCUT2D eigenvalue weighted by Gasteiger charge is 2.63. The summed E-state index contributed by atoms with van der Waals surface area (Å²) in [5, 5.41) is 9.28. The fourth-order valence-electron chi connectivity index (χ4n) is 2.62. The van der Waals surface area contributed by atoms with Gasteiger partial charge >= 0.3 is 0 Å². The van der Waals surface area contributed by atoms with E-state index in [2.05, 4.69) is 0 Å². The third-order valence-corrected chi connectivity index (χ3v) is 4.44. The number of amides is 1. The van der Waals surface area contributed by atoms with Crippen LogP contribution in [-0.2, 0) is 9.53 Å². The summed E-state index contributed by atoms with van der Waals surface area (Å²) in [6.45, 7) is 8.79. The summed E-state index contributed by atoms with van der Waals surface area (Å²) < 4.78 is 5.63. The molecule has 0 aromatic rings. The van der Waals surface area contributed by atoms with Crippen molar-refractivity contribution in [1.29, 1.82) is 0 Å². The SMILES string of the molecule is CCOC1CC(N)(C(=O)N(C)CCC(C)O)C1(C)C. The first-order valence-corrected chi connectivity index (χ1v) is 7.01. The third-order valence-electron chi connectivity index (χ3n) is 4.44. The van der Waals surface area contributed by atoms with Crippen molar-refractivity contribution >= 4 is 5.91 Å². The Kier molecular flexibility index (Phi) is 4.98. The fraction of sp³-hybridized carbons (Fsp3) is 0.929. The molecular formula is C14H28N2O3. The first-order chi connectivity index (χ1) is 8.66. The molecule has 3 atom stereocenters. The Morgan fingerprint density at radius 1 is 1.58 bits per heavy atom. The molecule has 0 aliphatic heterocycles. The van der Waals surface area contributed by atoms with Crippen molar-refractivity contribution in [2.45, 2.75) is 58.3 Å². The Morgan fingerprint density at radius 2 is 2.16 bits per heavy atom. The number of carbonyl (C=O) groups is 1. The van der Waals surface area contributed by atoms with Crippen molar-refractivity contribution < 1.29 is 14.6 Å². The maximum absolute atomic E-state index is 12.5. The van der Waals surface area contributed by atoms with Crippen LogP contribution in [0.25, 0.3) is 0 Å². The Labute approximate surface area is 116 Å². The molecule has 1 aliphatic rings. The molecule has 5 nitrogen and oxygen atoms in total. The Balaban J connectivity index is 2.66. The van der Waals surface area contributed by atoms with Crippen LogP contribution in [0.15, 0.2) is 0 Å². The molecule has 1 saturated carbocycles. The van der Waals surface area contributed by atoms with Crippen LogP contribution < -0.4 is 5.73 Å². The second-order valence-corrected chi connectivity index (χ2v) is 6.21. The van der Waals surface area contributed by atoms with E-state index in [9.17, 15) is 9.90 Å². The van der Waals surface area contributed by atoms with E-state index in [-0.39, 0.29) is 17.4 Å². The monoisotopic (exact) mass is 272 g/mol. The molecule has 3 unspecified atom stereocenters. The molecular weight excluding hydrogens is 244 g/mol. The summed E-state index contributed by atoms with van der Waals surface area (Å²) in [6, 6.07) is 0. The van der Waals surface area contributed by atoms with Gasteiger partial charge in [-0.25, -0.2) is 0 Å². The summed E-state index contributed by atoms with van der Waals surface area (Å²) in [5.74, 6) is -0.0610. The van der Waals surface area contributed by atoms with Gasteiger partial charge in [0.05, 0.1) is 12.2 Å². The zero-order valence-corrected chi connectivity index (χ0v) is 12.8. The number of hydrogen-bond donors (Lipinski definition) is 2. The van der Waals surface area contributed by atoms with E-state index < -0.39 is 11.6 Å². The minimum absolute atomic E-state index is 0.0385. The fourth-order valence-corrected chi connectivity index (χ4v) is 2.62. The van der Waals surface area contributed by atoms with Crippen molar-refractivity contribution in [3.63, 3.8) is 0 Å². The van der Waals surface area contributed by atoms with Gasteiger partial charge in [0.1, 0.15) is 5.54 Å². The number of aliphatic hydroxyl groups excluding tert-OH is 1. The first-order valence-electron chi connectivity index (χ1n) is 7.01. The molecule has 19 heavy (non-hydrogen) atoms. The molecule has 0 heterocycles. The van der Waals surface area contributed by atoms with E-state index in [1.807, 2.05) is 20.8 Å². The smallest absolute Gasteiger partial charge is 0.243 e. The number of nitrogens with two attached hydrogens (primary N) is 1. The van der Waals surface area contributed by atoms with Gasteiger partial charge in [0.25, 0.3) is 0 Å². The average molecular weight is 272 g/mol. The highest BCUT2D eigenvalue weighted by molar-refractivity contribution is 5.88. The zero-order chi connectivity index (χ0) is 14.8. The second kappa shape index (κ2) is 5.77. The lowest BCUT2D eigenvalue weighted by Crippen LogP contribution is -2.75. The summed E-state index contributed by atoms with van der Waals surface area (Å²) in [7, 11) is 1.74. The number of rotatable bonds is 6. The Hall–Kier alpha value is -0.650. The number of likely N-dealkylation sites (N-methyl/N-ethyl adjacent to an activating group) is 1. The molecule has 1 aliphatic carbocycles. The van der Waals surface area contributed by atoms with Crippen molar-refractivity contribution in [2.75, 3.05) is 20.2 Å². The number of ether oxygens (including phenoxy) is 1. The third kappa shape index (κ3) is 2.93. The van der Waals surface area contributed by atoms with Crippen LogP contribution in [-0.4, -0.2) is 53.9 Å². The predicted octanol–water partition coefficient (Wildman–Crippen LogP) is 0.748. The van der Waals surface area contributed by atoms with E-state index in [0.29, 0.717) is 26.0 Å². The van der Waals surface area contributed by atoms with E-state index in [0.717, 1.165) is 0 Å². The highest BCUT2D eigenvalue weighted by atomic mass is 16.5. The molecule has 1 rings (SSSR count). The lowest BCUT2D eigenvalue weighted by molar-refractivity contribution is -0.178. The Bertz CT molecular complexity index is 331. The minimum atomic E-state index is -0.861. The van der Waals surface area contributed by atoms with Gasteiger partial charge in [-0.3, -0.25) is 4.79 Å². The van der Waals surface area contributed by atoms with Crippen molar-refractivity contribution in [3.05, 3.63) is 0 Å². The summed E-state index contributed by atoms with van der Waals surface area (Å²) >= 11 is 0. The molecule has 0 aromatic heterocycles. The van der Waals surface area contributed by atoms with Crippen LogP contribution in [0.1, 0.15) is 40.5 Å². The van der Waals surface area contributed by atoms with E-state index in [1.54, 1.807) is 18.9 Å². The van der Waals surface area contributed by atoms with Gasteiger partial charge in [-0.1, -0.05) is 13.8 Å². The van der Waals surface area contributed by atoms with Crippen LogP contribution in [0.4, 0.5) is 0 Å². The molecule has 0 bridgehead atoms. The number of nitrogens with zero attached hydrogens (tertiary/aromatic N) is 1. The quantitative estimate of drug-likeness (QED) is 0.748. The second-order valence-electron chi connectivity index (χ2n) is 6.21. The van der Waals surface area contributed by atoms with Crippen molar-refractivity contribution in [1.82, 2.24) is 4.90 Å². The molecule has 1 fully saturated rings. The van der Waals surface area contributed by atoms with Crippen LogP contribution in [0, 0.1) is 5.41 Å². The average Bonchev–Trinajstić information content (AvgIpc) is 2.34. The van der Waals surface area contributed by atoms with Gasteiger partial charge in [0, 0.05) is 32.0 Å². The zero-order valence-electron chi connectivity index (χ0n) is 12.8. The van der Waals surface area contributed by atoms with Gasteiger partial charge in [-0.2, -0.15) is 0 Å². The molecule has 0 radical (unpaired) electrons. The Morgan fingerprint density at radius 3 is 2.58 bits per heavy atom.